The van der Waals surface area contributed by atoms with E-state index in [4.69, 9.17) is 9.84 Å². The summed E-state index contributed by atoms with van der Waals surface area (Å²) in [4.78, 5) is 12.4. The molecule has 25 heavy (non-hydrogen) atoms. The molecule has 0 aromatic heterocycles. The van der Waals surface area contributed by atoms with Crippen molar-refractivity contribution in [3.8, 4) is 0 Å². The van der Waals surface area contributed by atoms with Gasteiger partial charge in [-0.3, -0.25) is 0 Å². The molecule has 1 saturated carbocycles. The van der Waals surface area contributed by atoms with Gasteiger partial charge in [-0.15, -0.1) is 0 Å². The zero-order valence-electron chi connectivity index (χ0n) is 16.2. The summed E-state index contributed by atoms with van der Waals surface area (Å²) in [7, 11) is 1.44. The summed E-state index contributed by atoms with van der Waals surface area (Å²) in [5.41, 5.74) is 1.72. The highest BCUT2D eigenvalue weighted by molar-refractivity contribution is 5.89. The molecule has 0 spiro atoms. The molecule has 142 valence electrons. The minimum Gasteiger partial charge on any atom is -0.466 e. The smallest absolute Gasteiger partial charge is 0.333 e. The molecular formula is C21H34O4. The van der Waals surface area contributed by atoms with Gasteiger partial charge in [0.25, 0.3) is 0 Å². The Hall–Kier alpha value is -1.13. The van der Waals surface area contributed by atoms with Crippen LogP contribution in [0.3, 0.4) is 0 Å². The molecule has 0 amide bonds. The van der Waals surface area contributed by atoms with Crippen LogP contribution in [0.5, 0.6) is 0 Å². The second-order valence-electron chi connectivity index (χ2n) is 8.74. The number of rotatable bonds is 6. The standard InChI is InChI=1S/C21H34O4/c1-14(17(23)13-22)7-9-16-15(19(24)25-5)8-10-18-20(2,3)11-6-12-21(16,18)4/h8,16-18,22-23H,1,6-7,9-13H2,2-5H3/t16-,17-,18-,21+/m0/s1. The second-order valence-corrected chi connectivity index (χ2v) is 8.74. The SMILES string of the molecule is C=C(CC[C@H]1C(C(=O)OC)=CC[C@H]2C(C)(C)CCC[C@]12C)[C@@H](O)CO. The fourth-order valence-corrected chi connectivity index (χ4v) is 5.37. The minimum atomic E-state index is -0.888. The van der Waals surface area contributed by atoms with E-state index >= 15 is 0 Å². The van der Waals surface area contributed by atoms with Crippen LogP contribution in [0.4, 0.5) is 0 Å². The van der Waals surface area contributed by atoms with Crippen molar-refractivity contribution in [2.45, 2.75) is 65.4 Å². The lowest BCUT2D eigenvalue weighted by Crippen LogP contribution is -2.49. The Morgan fingerprint density at radius 3 is 2.68 bits per heavy atom. The van der Waals surface area contributed by atoms with Gasteiger partial charge in [-0.1, -0.05) is 39.8 Å². The van der Waals surface area contributed by atoms with Crippen LogP contribution in [0.2, 0.25) is 0 Å². The van der Waals surface area contributed by atoms with Gasteiger partial charge in [0.15, 0.2) is 0 Å². The van der Waals surface area contributed by atoms with Crippen molar-refractivity contribution in [2.24, 2.45) is 22.7 Å². The number of methoxy groups -OCH3 is 1. The first kappa shape index (κ1) is 20.2. The first-order chi connectivity index (χ1) is 11.7. The topological polar surface area (TPSA) is 66.8 Å². The Labute approximate surface area is 152 Å². The molecular weight excluding hydrogens is 316 g/mol. The molecule has 2 N–H and O–H groups in total. The van der Waals surface area contributed by atoms with E-state index in [0.717, 1.165) is 24.8 Å². The Kier molecular flexibility index (Phi) is 6.16. The molecule has 0 aromatic carbocycles. The van der Waals surface area contributed by atoms with Gasteiger partial charge in [0.05, 0.1) is 19.8 Å². The lowest BCUT2D eigenvalue weighted by atomic mass is 9.48. The monoisotopic (exact) mass is 350 g/mol. The fourth-order valence-electron chi connectivity index (χ4n) is 5.37. The number of ether oxygens (including phenoxy) is 1. The molecule has 0 bridgehead atoms. The minimum absolute atomic E-state index is 0.0461. The molecule has 0 aromatic rings. The Bertz CT molecular complexity index is 548. The number of carbonyl (C=O) groups excluding carboxylic acids is 1. The van der Waals surface area contributed by atoms with E-state index in [9.17, 15) is 9.90 Å². The van der Waals surface area contributed by atoms with Crippen LogP contribution in [0.15, 0.2) is 23.8 Å². The van der Waals surface area contributed by atoms with Crippen molar-refractivity contribution < 1.29 is 19.7 Å². The molecule has 1 fully saturated rings. The van der Waals surface area contributed by atoms with Gasteiger partial charge in [-0.05, 0) is 60.3 Å². The van der Waals surface area contributed by atoms with Crippen LogP contribution < -0.4 is 0 Å². The van der Waals surface area contributed by atoms with Gasteiger partial charge in [0.1, 0.15) is 0 Å². The quantitative estimate of drug-likeness (QED) is 0.567. The van der Waals surface area contributed by atoms with E-state index < -0.39 is 6.10 Å². The molecule has 2 aliphatic carbocycles. The third-order valence-electron chi connectivity index (χ3n) is 6.84. The third kappa shape index (κ3) is 3.85. The number of esters is 1. The summed E-state index contributed by atoms with van der Waals surface area (Å²) >= 11 is 0. The van der Waals surface area contributed by atoms with Gasteiger partial charge in [0, 0.05) is 5.57 Å². The first-order valence-corrected chi connectivity index (χ1v) is 9.42. The van der Waals surface area contributed by atoms with E-state index in [1.54, 1.807) is 0 Å². The van der Waals surface area contributed by atoms with E-state index in [1.807, 2.05) is 0 Å². The van der Waals surface area contributed by atoms with E-state index in [1.165, 1.54) is 20.0 Å². The molecule has 0 radical (unpaired) electrons. The number of carbonyl (C=O) groups is 1. The average molecular weight is 350 g/mol. The number of allylic oxidation sites excluding steroid dienone is 1. The lowest BCUT2D eigenvalue weighted by molar-refractivity contribution is -0.139. The molecule has 4 heteroatoms. The van der Waals surface area contributed by atoms with Crippen LogP contribution in [-0.4, -0.2) is 36.0 Å². The molecule has 0 saturated heterocycles. The predicted molar refractivity (Wildman–Crippen MR) is 98.9 cm³/mol. The molecule has 2 rings (SSSR count). The Balaban J connectivity index is 2.31. The van der Waals surface area contributed by atoms with E-state index in [-0.39, 0.29) is 29.3 Å². The normalized spacial score (nSPS) is 32.3. The van der Waals surface area contributed by atoms with E-state index in [2.05, 4.69) is 33.4 Å². The van der Waals surface area contributed by atoms with Crippen molar-refractivity contribution in [1.29, 1.82) is 0 Å². The number of aliphatic hydroxyl groups is 2. The van der Waals surface area contributed by atoms with Crippen molar-refractivity contribution >= 4 is 5.97 Å². The largest absolute Gasteiger partial charge is 0.466 e. The molecule has 4 nitrogen and oxygen atoms in total. The predicted octanol–water partition coefficient (Wildman–Crippen LogP) is 3.63. The highest BCUT2D eigenvalue weighted by atomic mass is 16.5. The van der Waals surface area contributed by atoms with Crippen LogP contribution in [-0.2, 0) is 9.53 Å². The molecule has 4 atom stereocenters. The summed E-state index contributed by atoms with van der Waals surface area (Å²) in [6, 6.07) is 0. The van der Waals surface area contributed by atoms with Crippen molar-refractivity contribution in [3.63, 3.8) is 0 Å². The second kappa shape index (κ2) is 7.63. The van der Waals surface area contributed by atoms with Crippen LogP contribution in [0, 0.1) is 22.7 Å². The van der Waals surface area contributed by atoms with Gasteiger partial charge in [0.2, 0.25) is 0 Å². The summed E-state index contributed by atoms with van der Waals surface area (Å²) in [5, 5.41) is 18.9. The highest BCUT2D eigenvalue weighted by Gasteiger charge is 2.53. The van der Waals surface area contributed by atoms with Crippen molar-refractivity contribution in [1.82, 2.24) is 0 Å². The Morgan fingerprint density at radius 1 is 1.40 bits per heavy atom. The summed E-state index contributed by atoms with van der Waals surface area (Å²) in [6.45, 7) is 10.6. The highest BCUT2D eigenvalue weighted by Crippen LogP contribution is 2.60. The maximum Gasteiger partial charge on any atom is 0.333 e. The summed E-state index contributed by atoms with van der Waals surface area (Å²) < 4.78 is 5.05. The number of hydrogen-bond acceptors (Lipinski definition) is 4. The average Bonchev–Trinajstić information content (AvgIpc) is 2.57. The van der Waals surface area contributed by atoms with Gasteiger partial charge in [-0.25, -0.2) is 4.79 Å². The number of hydrogen-bond donors (Lipinski definition) is 2. The van der Waals surface area contributed by atoms with Gasteiger partial charge >= 0.3 is 5.97 Å². The maximum absolute atomic E-state index is 12.4. The summed E-state index contributed by atoms with van der Waals surface area (Å²) in [6.07, 6.45) is 6.97. The number of aliphatic hydroxyl groups excluding tert-OH is 2. The van der Waals surface area contributed by atoms with E-state index in [0.29, 0.717) is 17.9 Å². The fraction of sp³-hybridized carbons (Fsp3) is 0.762. The van der Waals surface area contributed by atoms with Crippen LogP contribution >= 0.6 is 0 Å². The zero-order chi connectivity index (χ0) is 18.8. The molecule has 0 aliphatic heterocycles. The van der Waals surface area contributed by atoms with Crippen molar-refractivity contribution in [2.75, 3.05) is 13.7 Å². The Morgan fingerprint density at radius 2 is 2.08 bits per heavy atom. The lowest BCUT2D eigenvalue weighted by Gasteiger charge is -2.56. The first-order valence-electron chi connectivity index (χ1n) is 9.42. The zero-order valence-corrected chi connectivity index (χ0v) is 16.2. The van der Waals surface area contributed by atoms with Crippen LogP contribution in [0.1, 0.15) is 59.3 Å². The molecule has 2 aliphatic rings. The third-order valence-corrected chi connectivity index (χ3v) is 6.84. The maximum atomic E-state index is 12.4. The molecule has 0 unspecified atom stereocenters. The number of fused-ring (bicyclic) bond motifs is 1. The van der Waals surface area contributed by atoms with Crippen LogP contribution in [0.25, 0.3) is 0 Å². The van der Waals surface area contributed by atoms with Gasteiger partial charge in [-0.2, -0.15) is 0 Å². The van der Waals surface area contributed by atoms with Gasteiger partial charge < -0.3 is 14.9 Å². The molecule has 0 heterocycles. The summed E-state index contributed by atoms with van der Waals surface area (Å²) in [5.74, 6) is 0.394. The van der Waals surface area contributed by atoms with Crippen molar-refractivity contribution in [3.05, 3.63) is 23.8 Å².